The van der Waals surface area contributed by atoms with Crippen LogP contribution in [0.2, 0.25) is 0 Å². The number of carbonyl (C=O) groups is 1. The summed E-state index contributed by atoms with van der Waals surface area (Å²) < 4.78 is 1.78. The first-order valence-electron chi connectivity index (χ1n) is 13.3. The van der Waals surface area contributed by atoms with E-state index in [1.807, 2.05) is 57.0 Å². The Morgan fingerprint density at radius 1 is 1.14 bits per heavy atom. The first-order valence-corrected chi connectivity index (χ1v) is 13.3. The summed E-state index contributed by atoms with van der Waals surface area (Å²) >= 11 is 0. The van der Waals surface area contributed by atoms with Crippen molar-refractivity contribution in [3.63, 3.8) is 0 Å². The van der Waals surface area contributed by atoms with Crippen molar-refractivity contribution in [2.45, 2.75) is 78.3 Å². The summed E-state index contributed by atoms with van der Waals surface area (Å²) in [5, 5.41) is 3.10. The van der Waals surface area contributed by atoms with Crippen LogP contribution in [0.1, 0.15) is 77.8 Å². The van der Waals surface area contributed by atoms with Crippen LogP contribution in [0.25, 0.3) is 11.2 Å². The molecule has 9 heteroatoms. The van der Waals surface area contributed by atoms with Crippen LogP contribution in [0.3, 0.4) is 0 Å². The monoisotopic (exact) mass is 497 g/mol. The molecule has 9 nitrogen and oxygen atoms in total. The lowest BCUT2D eigenvalue weighted by atomic mass is 9.95. The highest BCUT2D eigenvalue weighted by Crippen LogP contribution is 2.25. The summed E-state index contributed by atoms with van der Waals surface area (Å²) in [6, 6.07) is 7.65. The van der Waals surface area contributed by atoms with Crippen molar-refractivity contribution in [2.24, 2.45) is 5.73 Å². The topological polar surface area (TPSA) is 122 Å². The van der Waals surface area contributed by atoms with E-state index in [9.17, 15) is 9.59 Å². The average Bonchev–Trinajstić information content (AvgIpc) is 3.29. The molecule has 2 atom stereocenters. The molecule has 1 aliphatic heterocycles. The van der Waals surface area contributed by atoms with Gasteiger partial charge in [0.1, 0.15) is 0 Å². The molecule has 0 aromatic carbocycles. The third kappa shape index (κ3) is 7.40. The van der Waals surface area contributed by atoms with Gasteiger partial charge in [0.25, 0.3) is 0 Å². The van der Waals surface area contributed by atoms with Crippen LogP contribution in [0.4, 0.5) is 4.79 Å². The molecule has 0 bridgehead atoms. The minimum Gasteiger partial charge on any atom is -0.334 e. The molecular formula is C27H43N7O2. The Morgan fingerprint density at radius 3 is 2.47 bits per heavy atom. The minimum atomic E-state index is -0.146. The second-order valence-electron chi connectivity index (χ2n) is 8.54. The van der Waals surface area contributed by atoms with Crippen LogP contribution in [0.5, 0.6) is 0 Å². The number of fused-ring (bicyclic) bond motifs is 1. The van der Waals surface area contributed by atoms with Gasteiger partial charge in [-0.05, 0) is 55.4 Å². The lowest BCUT2D eigenvalue weighted by Gasteiger charge is -2.33. The molecule has 2 unspecified atom stereocenters. The zero-order valence-corrected chi connectivity index (χ0v) is 22.4. The van der Waals surface area contributed by atoms with Gasteiger partial charge in [0.15, 0.2) is 5.65 Å². The van der Waals surface area contributed by atoms with Crippen molar-refractivity contribution in [3.05, 3.63) is 58.9 Å². The standard InChI is InChI=1S/C23H31N7O2.2C2H6/c1-16(17-4-2-10-25-15-17)6-7-18(14-24)27-22(31)29-12-8-19(9-13-29)30-20-5-3-11-26-21(20)28-23(30)32;2*1-2/h2-5,10-11,15-16,18-19H,6-9,12-14,24H2,1H3,(H,27,31)(H,26,28,32);2*1-2H3. The Labute approximate surface area is 214 Å². The van der Waals surface area contributed by atoms with Crippen molar-refractivity contribution in [2.75, 3.05) is 19.6 Å². The van der Waals surface area contributed by atoms with E-state index in [0.717, 1.165) is 31.2 Å². The van der Waals surface area contributed by atoms with E-state index in [0.29, 0.717) is 31.2 Å². The van der Waals surface area contributed by atoms with Gasteiger partial charge in [-0.2, -0.15) is 0 Å². The summed E-state index contributed by atoms with van der Waals surface area (Å²) in [4.78, 5) is 38.3. The maximum Gasteiger partial charge on any atom is 0.327 e. The predicted molar refractivity (Wildman–Crippen MR) is 146 cm³/mol. The normalized spacial score (nSPS) is 15.2. The second-order valence-corrected chi connectivity index (χ2v) is 8.54. The van der Waals surface area contributed by atoms with Gasteiger partial charge in [-0.3, -0.25) is 14.5 Å². The molecule has 3 aromatic heterocycles. The number of imidazole rings is 1. The molecular weight excluding hydrogens is 454 g/mol. The first-order chi connectivity index (χ1) is 17.6. The summed E-state index contributed by atoms with van der Waals surface area (Å²) in [6.07, 6.45) is 8.51. The number of amides is 2. The van der Waals surface area contributed by atoms with Gasteiger partial charge in [0, 0.05) is 50.3 Å². The SMILES string of the molecule is CC.CC.CC(CCC(CN)NC(=O)N1CCC(n2c(=O)[nH]c3ncccc32)CC1)c1cccnc1. The van der Waals surface area contributed by atoms with Gasteiger partial charge in [0.2, 0.25) is 0 Å². The number of aromatic amines is 1. The number of H-pyrrole nitrogens is 1. The molecule has 36 heavy (non-hydrogen) atoms. The number of hydrogen-bond acceptors (Lipinski definition) is 5. The van der Waals surface area contributed by atoms with Crippen LogP contribution in [0, 0.1) is 0 Å². The van der Waals surface area contributed by atoms with Crippen LogP contribution < -0.4 is 16.7 Å². The molecule has 0 aliphatic carbocycles. The van der Waals surface area contributed by atoms with Crippen molar-refractivity contribution in [3.8, 4) is 0 Å². The quantitative estimate of drug-likeness (QED) is 0.446. The van der Waals surface area contributed by atoms with E-state index in [4.69, 9.17) is 5.73 Å². The van der Waals surface area contributed by atoms with Gasteiger partial charge < -0.3 is 16.0 Å². The van der Waals surface area contributed by atoms with Crippen LogP contribution in [0.15, 0.2) is 47.7 Å². The Kier molecular flexibility index (Phi) is 12.1. The number of nitrogens with one attached hydrogen (secondary N) is 2. The summed E-state index contributed by atoms with van der Waals surface area (Å²) in [5.74, 6) is 0.356. The number of aromatic nitrogens is 4. The van der Waals surface area contributed by atoms with Gasteiger partial charge >= 0.3 is 11.7 Å². The Balaban J connectivity index is 0.00000109. The second kappa shape index (κ2) is 15.0. The Bertz CT molecular complexity index is 1090. The fourth-order valence-electron chi connectivity index (χ4n) is 4.45. The largest absolute Gasteiger partial charge is 0.334 e. The first kappa shape index (κ1) is 29.0. The number of urea groups is 1. The molecule has 2 amide bonds. The van der Waals surface area contributed by atoms with Crippen LogP contribution >= 0.6 is 0 Å². The predicted octanol–water partition coefficient (Wildman–Crippen LogP) is 4.43. The van der Waals surface area contributed by atoms with E-state index < -0.39 is 0 Å². The Morgan fingerprint density at radius 2 is 1.83 bits per heavy atom. The van der Waals surface area contributed by atoms with Gasteiger partial charge in [-0.1, -0.05) is 40.7 Å². The fourth-order valence-corrected chi connectivity index (χ4v) is 4.45. The molecule has 1 fully saturated rings. The molecule has 4 N–H and O–H groups in total. The number of nitrogens with two attached hydrogens (primary N) is 1. The van der Waals surface area contributed by atoms with Crippen molar-refractivity contribution >= 4 is 17.2 Å². The molecule has 3 aromatic rings. The van der Waals surface area contributed by atoms with Crippen molar-refractivity contribution in [1.29, 1.82) is 0 Å². The van der Waals surface area contributed by atoms with E-state index in [1.165, 1.54) is 5.56 Å². The van der Waals surface area contributed by atoms with Crippen LogP contribution in [-0.2, 0) is 0 Å². The molecule has 1 aliphatic rings. The van der Waals surface area contributed by atoms with E-state index >= 15 is 0 Å². The summed E-state index contributed by atoms with van der Waals surface area (Å²) in [5.41, 5.74) is 8.40. The highest BCUT2D eigenvalue weighted by atomic mass is 16.2. The van der Waals surface area contributed by atoms with Crippen molar-refractivity contribution in [1.82, 2.24) is 29.7 Å². The van der Waals surface area contributed by atoms with Gasteiger partial charge in [0.05, 0.1) is 5.52 Å². The van der Waals surface area contributed by atoms with Crippen LogP contribution in [-0.4, -0.2) is 56.1 Å². The molecule has 4 rings (SSSR count). The number of nitrogens with zero attached hydrogens (tertiary/aromatic N) is 4. The number of rotatable bonds is 7. The molecule has 0 spiro atoms. The number of pyridine rings is 2. The number of likely N-dealkylation sites (tertiary alicyclic amines) is 1. The lowest BCUT2D eigenvalue weighted by Crippen LogP contribution is -2.50. The molecule has 4 heterocycles. The van der Waals surface area contributed by atoms with E-state index in [2.05, 4.69) is 33.3 Å². The lowest BCUT2D eigenvalue weighted by molar-refractivity contribution is 0.168. The number of carbonyl (C=O) groups excluding carboxylic acids is 1. The minimum absolute atomic E-state index is 0.0511. The summed E-state index contributed by atoms with van der Waals surface area (Å²) in [7, 11) is 0. The zero-order valence-electron chi connectivity index (χ0n) is 22.4. The molecule has 198 valence electrons. The zero-order chi connectivity index (χ0) is 26.5. The Hall–Kier alpha value is -3.20. The van der Waals surface area contributed by atoms with Gasteiger partial charge in [-0.25, -0.2) is 14.6 Å². The summed E-state index contributed by atoms with van der Waals surface area (Å²) in [6.45, 7) is 11.8. The van der Waals surface area contributed by atoms with Crippen molar-refractivity contribution < 1.29 is 4.79 Å². The third-order valence-electron chi connectivity index (χ3n) is 6.42. The molecule has 1 saturated heterocycles. The number of hydrogen-bond donors (Lipinski definition) is 3. The van der Waals surface area contributed by atoms with E-state index in [1.54, 1.807) is 17.0 Å². The highest BCUT2D eigenvalue weighted by Gasteiger charge is 2.27. The molecule has 0 saturated carbocycles. The molecule has 0 radical (unpaired) electrons. The van der Waals surface area contributed by atoms with E-state index in [-0.39, 0.29) is 23.8 Å². The average molecular weight is 498 g/mol. The van der Waals surface area contributed by atoms with Gasteiger partial charge in [-0.15, -0.1) is 0 Å². The highest BCUT2D eigenvalue weighted by molar-refractivity contribution is 5.74. The maximum absolute atomic E-state index is 12.8. The third-order valence-corrected chi connectivity index (χ3v) is 6.42. The smallest absolute Gasteiger partial charge is 0.327 e. The maximum atomic E-state index is 12.8. The fraction of sp³-hybridized carbons (Fsp3) is 0.556. The number of piperidine rings is 1.